The van der Waals surface area contributed by atoms with Crippen molar-refractivity contribution in [2.24, 2.45) is 17.8 Å². The summed E-state index contributed by atoms with van der Waals surface area (Å²) in [5.74, 6) is -1.26. The molecule has 2 aliphatic rings. The Bertz CT molecular complexity index is 780. The Morgan fingerprint density at radius 1 is 1.15 bits per heavy atom. The first-order valence-electron chi connectivity index (χ1n) is 9.07. The van der Waals surface area contributed by atoms with Gasteiger partial charge in [-0.1, -0.05) is 41.9 Å². The minimum absolute atomic E-state index is 0.162. The van der Waals surface area contributed by atoms with Gasteiger partial charge in [0.1, 0.15) is 6.04 Å². The van der Waals surface area contributed by atoms with E-state index in [0.717, 1.165) is 8.95 Å². The van der Waals surface area contributed by atoms with E-state index in [-0.39, 0.29) is 35.5 Å². The Labute approximate surface area is 175 Å². The van der Waals surface area contributed by atoms with Crippen molar-refractivity contribution in [1.82, 2.24) is 4.90 Å². The van der Waals surface area contributed by atoms with Crippen molar-refractivity contribution < 1.29 is 14.4 Å². The summed E-state index contributed by atoms with van der Waals surface area (Å²) in [5.41, 5.74) is 0.607. The van der Waals surface area contributed by atoms with Crippen molar-refractivity contribution in [1.29, 1.82) is 0 Å². The van der Waals surface area contributed by atoms with E-state index in [1.54, 1.807) is 6.07 Å². The molecule has 1 N–H and O–H groups in total. The van der Waals surface area contributed by atoms with Crippen molar-refractivity contribution in [3.8, 4) is 0 Å². The molecular weight excluding hydrogens is 476 g/mol. The number of carbonyl (C=O) groups is 3. The third-order valence-electron chi connectivity index (χ3n) is 5.04. The van der Waals surface area contributed by atoms with Gasteiger partial charge in [-0.3, -0.25) is 19.3 Å². The predicted molar refractivity (Wildman–Crippen MR) is 111 cm³/mol. The standard InChI is InChI=1S/C20H22Br2N2O3/c1-11(2)9-17(18(25)23-16-8-7-12(21)10-15(16)22)24-19(26)13-5-3-4-6-14(13)20(24)27/h3-4,7-8,10-11,13-14,17H,5-6,9H2,1-2H3,(H,23,25). The smallest absolute Gasteiger partial charge is 0.247 e. The second-order valence-electron chi connectivity index (χ2n) is 7.46. The van der Waals surface area contributed by atoms with Gasteiger partial charge in [0.25, 0.3) is 0 Å². The highest BCUT2D eigenvalue weighted by molar-refractivity contribution is 9.11. The van der Waals surface area contributed by atoms with Gasteiger partial charge in [-0.15, -0.1) is 0 Å². The third kappa shape index (κ3) is 4.19. The zero-order valence-corrected chi connectivity index (χ0v) is 18.4. The van der Waals surface area contributed by atoms with Crippen LogP contribution in [0.4, 0.5) is 5.69 Å². The lowest BCUT2D eigenvalue weighted by Crippen LogP contribution is -2.48. The monoisotopic (exact) mass is 496 g/mol. The van der Waals surface area contributed by atoms with Crippen LogP contribution in [0.25, 0.3) is 0 Å². The molecule has 144 valence electrons. The Hall–Kier alpha value is -1.47. The van der Waals surface area contributed by atoms with Crippen LogP contribution >= 0.6 is 31.9 Å². The normalized spacial score (nSPS) is 22.9. The Morgan fingerprint density at radius 2 is 1.74 bits per heavy atom. The zero-order valence-electron chi connectivity index (χ0n) is 15.2. The van der Waals surface area contributed by atoms with E-state index in [9.17, 15) is 14.4 Å². The highest BCUT2D eigenvalue weighted by Gasteiger charge is 2.51. The fraction of sp³-hybridized carbons (Fsp3) is 0.450. The molecule has 0 spiro atoms. The molecule has 1 aliphatic heterocycles. The van der Waals surface area contributed by atoms with Crippen LogP contribution in [0.2, 0.25) is 0 Å². The van der Waals surface area contributed by atoms with E-state index in [0.29, 0.717) is 24.9 Å². The van der Waals surface area contributed by atoms with Gasteiger partial charge in [0.2, 0.25) is 17.7 Å². The molecular formula is C20H22Br2N2O3. The van der Waals surface area contributed by atoms with Crippen molar-refractivity contribution >= 4 is 55.3 Å². The molecule has 27 heavy (non-hydrogen) atoms. The average Bonchev–Trinajstić information content (AvgIpc) is 2.86. The number of benzene rings is 1. The summed E-state index contributed by atoms with van der Waals surface area (Å²) in [4.78, 5) is 40.1. The largest absolute Gasteiger partial charge is 0.323 e. The number of nitrogens with one attached hydrogen (secondary N) is 1. The topological polar surface area (TPSA) is 66.5 Å². The molecule has 0 saturated carbocycles. The Balaban J connectivity index is 1.86. The molecule has 1 aromatic carbocycles. The molecule has 5 nitrogen and oxygen atoms in total. The number of hydrogen-bond donors (Lipinski definition) is 1. The number of fused-ring (bicyclic) bond motifs is 1. The SMILES string of the molecule is CC(C)CC(C(=O)Nc1ccc(Br)cc1Br)N1C(=O)C2CC=CCC2C1=O. The van der Waals surface area contributed by atoms with Crippen LogP contribution in [-0.4, -0.2) is 28.7 Å². The minimum Gasteiger partial charge on any atom is -0.323 e. The van der Waals surface area contributed by atoms with Gasteiger partial charge in [-0.25, -0.2) is 0 Å². The van der Waals surface area contributed by atoms with Crippen molar-refractivity contribution in [3.05, 3.63) is 39.3 Å². The van der Waals surface area contributed by atoms with Crippen molar-refractivity contribution in [3.63, 3.8) is 0 Å². The molecule has 1 aromatic rings. The van der Waals surface area contributed by atoms with Gasteiger partial charge < -0.3 is 5.32 Å². The molecule has 3 unspecified atom stereocenters. The number of rotatable bonds is 5. The van der Waals surface area contributed by atoms with Gasteiger partial charge >= 0.3 is 0 Å². The number of amides is 3. The lowest BCUT2D eigenvalue weighted by molar-refractivity contribution is -0.147. The van der Waals surface area contributed by atoms with Crippen molar-refractivity contribution in [2.75, 3.05) is 5.32 Å². The van der Waals surface area contributed by atoms with E-state index in [2.05, 4.69) is 37.2 Å². The van der Waals surface area contributed by atoms with Crippen LogP contribution in [0.1, 0.15) is 33.1 Å². The molecule has 1 fully saturated rings. The van der Waals surface area contributed by atoms with E-state index in [1.165, 1.54) is 4.90 Å². The zero-order chi connectivity index (χ0) is 19.7. The lowest BCUT2D eigenvalue weighted by Gasteiger charge is -2.27. The second kappa shape index (κ2) is 8.27. The number of hydrogen-bond acceptors (Lipinski definition) is 3. The van der Waals surface area contributed by atoms with Crippen molar-refractivity contribution in [2.45, 2.75) is 39.2 Å². The average molecular weight is 498 g/mol. The first-order valence-corrected chi connectivity index (χ1v) is 10.7. The molecule has 0 aromatic heterocycles. The fourth-order valence-corrected chi connectivity index (χ4v) is 4.86. The van der Waals surface area contributed by atoms with Crippen LogP contribution in [-0.2, 0) is 14.4 Å². The molecule has 3 rings (SSSR count). The fourth-order valence-electron chi connectivity index (χ4n) is 3.72. The number of halogens is 2. The molecule has 3 atom stereocenters. The highest BCUT2D eigenvalue weighted by Crippen LogP contribution is 2.37. The minimum atomic E-state index is -0.800. The maximum Gasteiger partial charge on any atom is 0.247 e. The quantitative estimate of drug-likeness (QED) is 0.480. The summed E-state index contributed by atoms with van der Waals surface area (Å²) < 4.78 is 1.61. The maximum absolute atomic E-state index is 13.1. The van der Waals surface area contributed by atoms with E-state index in [1.807, 2.05) is 38.1 Å². The van der Waals surface area contributed by atoms with Crippen LogP contribution in [0.5, 0.6) is 0 Å². The molecule has 1 saturated heterocycles. The predicted octanol–water partition coefficient (Wildman–Crippen LogP) is 4.52. The summed E-state index contributed by atoms with van der Waals surface area (Å²) in [6.45, 7) is 3.96. The number of imide groups is 1. The van der Waals surface area contributed by atoms with Gasteiger partial charge in [0.05, 0.1) is 17.5 Å². The van der Waals surface area contributed by atoms with E-state index in [4.69, 9.17) is 0 Å². The molecule has 1 heterocycles. The molecule has 1 aliphatic carbocycles. The molecule has 3 amide bonds. The third-order valence-corrected chi connectivity index (χ3v) is 6.19. The summed E-state index contributed by atoms with van der Waals surface area (Å²) in [5, 5.41) is 2.87. The second-order valence-corrected chi connectivity index (χ2v) is 9.23. The number of nitrogens with zero attached hydrogens (tertiary/aromatic N) is 1. The van der Waals surface area contributed by atoms with Gasteiger partial charge in [-0.2, -0.15) is 0 Å². The van der Waals surface area contributed by atoms with E-state index < -0.39 is 6.04 Å². The molecule has 7 heteroatoms. The molecule has 0 bridgehead atoms. The summed E-state index contributed by atoms with van der Waals surface area (Å²) in [7, 11) is 0. The van der Waals surface area contributed by atoms with Crippen LogP contribution in [0.3, 0.4) is 0 Å². The highest BCUT2D eigenvalue weighted by atomic mass is 79.9. The van der Waals surface area contributed by atoms with E-state index >= 15 is 0 Å². The number of likely N-dealkylation sites (tertiary alicyclic amines) is 1. The van der Waals surface area contributed by atoms with Gasteiger partial charge in [0, 0.05) is 8.95 Å². The summed E-state index contributed by atoms with van der Waals surface area (Å²) in [6, 6.07) is 4.63. The number of anilines is 1. The first kappa shape index (κ1) is 20.3. The number of allylic oxidation sites excluding steroid dienone is 2. The lowest BCUT2D eigenvalue weighted by atomic mass is 9.85. The Kier molecular flexibility index (Phi) is 6.21. The van der Waals surface area contributed by atoms with Crippen LogP contribution in [0, 0.1) is 17.8 Å². The summed E-state index contributed by atoms with van der Waals surface area (Å²) >= 11 is 6.81. The number of carbonyl (C=O) groups excluding carboxylic acids is 3. The van der Waals surface area contributed by atoms with Crippen LogP contribution < -0.4 is 5.32 Å². The molecule has 0 radical (unpaired) electrons. The first-order chi connectivity index (χ1) is 12.8. The van der Waals surface area contributed by atoms with Crippen LogP contribution in [0.15, 0.2) is 39.3 Å². The summed E-state index contributed by atoms with van der Waals surface area (Å²) in [6.07, 6.45) is 5.48. The Morgan fingerprint density at radius 3 is 2.26 bits per heavy atom. The van der Waals surface area contributed by atoms with Gasteiger partial charge in [0.15, 0.2) is 0 Å². The van der Waals surface area contributed by atoms with Gasteiger partial charge in [-0.05, 0) is 59.3 Å². The maximum atomic E-state index is 13.1.